The maximum atomic E-state index is 10.3. The molecular formula is C23H48O4. The first kappa shape index (κ1) is 28.6. The van der Waals surface area contributed by atoms with Gasteiger partial charge >= 0.3 is 5.97 Å². The second-order valence-electron chi connectivity index (χ2n) is 7.37. The first-order valence-electron chi connectivity index (χ1n) is 11.6. The van der Waals surface area contributed by atoms with Crippen LogP contribution in [0.4, 0.5) is 0 Å². The lowest BCUT2D eigenvalue weighted by Crippen LogP contribution is -1.95. The smallest absolute Gasteiger partial charge is 0.303 e. The third kappa shape index (κ3) is 33.4. The van der Waals surface area contributed by atoms with Crippen LogP contribution in [0, 0.1) is 0 Å². The monoisotopic (exact) mass is 388 g/mol. The van der Waals surface area contributed by atoms with Crippen molar-refractivity contribution in [2.24, 2.45) is 0 Å². The molecule has 27 heavy (non-hydrogen) atoms. The van der Waals surface area contributed by atoms with Crippen LogP contribution in [-0.4, -0.2) is 36.0 Å². The van der Waals surface area contributed by atoms with Crippen molar-refractivity contribution in [3.8, 4) is 0 Å². The van der Waals surface area contributed by atoms with Crippen LogP contribution in [0.25, 0.3) is 0 Å². The molecule has 0 aromatic heterocycles. The summed E-state index contributed by atoms with van der Waals surface area (Å²) in [6.45, 7) is 5.89. The van der Waals surface area contributed by atoms with Crippen LogP contribution in [0.3, 0.4) is 0 Å². The minimum atomic E-state index is -0.653. The summed E-state index contributed by atoms with van der Waals surface area (Å²) in [4.78, 5) is 10.3. The normalized spacial score (nSPS) is 10.5. The van der Waals surface area contributed by atoms with Crippen LogP contribution >= 0.6 is 0 Å². The summed E-state index contributed by atoms with van der Waals surface area (Å²) < 4.78 is 4.91. The molecule has 0 atom stereocenters. The maximum absolute atomic E-state index is 10.3. The van der Waals surface area contributed by atoms with Crippen molar-refractivity contribution in [1.29, 1.82) is 0 Å². The molecule has 4 nitrogen and oxygen atoms in total. The SMILES string of the molecule is CCCCCCCCCCCCCCCCCC(=O)O.CCOCCCO. The van der Waals surface area contributed by atoms with Gasteiger partial charge in [0.2, 0.25) is 0 Å². The molecule has 0 rings (SSSR count). The fourth-order valence-electron chi connectivity index (χ4n) is 2.96. The van der Waals surface area contributed by atoms with Crippen LogP contribution in [-0.2, 0) is 9.53 Å². The molecule has 0 amide bonds. The number of ether oxygens (including phenoxy) is 1. The Hall–Kier alpha value is -0.610. The van der Waals surface area contributed by atoms with E-state index in [2.05, 4.69) is 6.92 Å². The molecule has 0 heterocycles. The average Bonchev–Trinajstić information content (AvgIpc) is 2.65. The van der Waals surface area contributed by atoms with Crippen molar-refractivity contribution in [2.75, 3.05) is 19.8 Å². The summed E-state index contributed by atoms with van der Waals surface area (Å²) in [5.41, 5.74) is 0. The molecule has 0 radical (unpaired) electrons. The fourth-order valence-corrected chi connectivity index (χ4v) is 2.96. The van der Waals surface area contributed by atoms with Crippen LogP contribution in [0.1, 0.15) is 123 Å². The molecule has 0 aliphatic rings. The number of carbonyl (C=O) groups is 1. The molecule has 0 spiro atoms. The fraction of sp³-hybridized carbons (Fsp3) is 0.957. The number of carboxylic acid groups (broad SMARTS) is 1. The summed E-state index contributed by atoms with van der Waals surface area (Å²) in [7, 11) is 0. The Kier molecular flexibility index (Phi) is 29.2. The van der Waals surface area contributed by atoms with Crippen LogP contribution in [0.5, 0.6) is 0 Å². The van der Waals surface area contributed by atoms with E-state index in [4.69, 9.17) is 14.9 Å². The predicted octanol–water partition coefficient (Wildman–Crippen LogP) is 6.74. The second kappa shape index (κ2) is 27.6. The van der Waals surface area contributed by atoms with E-state index in [1.54, 1.807) is 0 Å². The Morgan fingerprint density at radius 2 is 1.07 bits per heavy atom. The number of hydrogen-bond acceptors (Lipinski definition) is 3. The van der Waals surface area contributed by atoms with Crippen molar-refractivity contribution in [2.45, 2.75) is 123 Å². The Morgan fingerprint density at radius 1 is 0.667 bits per heavy atom. The van der Waals surface area contributed by atoms with Crippen molar-refractivity contribution in [3.63, 3.8) is 0 Å². The Morgan fingerprint density at radius 3 is 1.41 bits per heavy atom. The van der Waals surface area contributed by atoms with Gasteiger partial charge in [0.1, 0.15) is 0 Å². The predicted molar refractivity (Wildman–Crippen MR) is 115 cm³/mol. The average molecular weight is 389 g/mol. The van der Waals surface area contributed by atoms with Gasteiger partial charge in [-0.1, -0.05) is 96.8 Å². The van der Waals surface area contributed by atoms with E-state index in [1.165, 1.54) is 83.5 Å². The molecule has 0 unspecified atom stereocenters. The molecule has 4 heteroatoms. The molecule has 0 bridgehead atoms. The standard InChI is InChI=1S/C18H36O2.C5H12O2/c1-2-3-4-5-6-7-8-9-10-11-12-13-14-15-16-17-18(19)20;1-2-7-5-3-4-6/h2-17H2,1H3,(H,19,20);6H,2-5H2,1H3. The zero-order valence-corrected chi connectivity index (χ0v) is 18.4. The van der Waals surface area contributed by atoms with Crippen LogP contribution < -0.4 is 0 Å². The van der Waals surface area contributed by atoms with Gasteiger partial charge in [-0.2, -0.15) is 0 Å². The van der Waals surface area contributed by atoms with E-state index >= 15 is 0 Å². The Labute approximate surface area is 169 Å². The van der Waals surface area contributed by atoms with Gasteiger partial charge in [0.25, 0.3) is 0 Å². The molecule has 0 aliphatic heterocycles. The zero-order chi connectivity index (χ0) is 20.4. The third-order valence-electron chi connectivity index (χ3n) is 4.65. The van der Waals surface area contributed by atoms with Gasteiger partial charge in [0.05, 0.1) is 0 Å². The molecule has 0 saturated heterocycles. The highest BCUT2D eigenvalue weighted by atomic mass is 16.5. The van der Waals surface area contributed by atoms with Gasteiger partial charge in [-0.25, -0.2) is 0 Å². The van der Waals surface area contributed by atoms with E-state index in [9.17, 15) is 4.79 Å². The van der Waals surface area contributed by atoms with Crippen molar-refractivity contribution >= 4 is 5.97 Å². The van der Waals surface area contributed by atoms with E-state index in [0.29, 0.717) is 13.0 Å². The molecule has 0 saturated carbocycles. The third-order valence-corrected chi connectivity index (χ3v) is 4.65. The topological polar surface area (TPSA) is 66.8 Å². The highest BCUT2D eigenvalue weighted by Gasteiger charge is 1.97. The quantitative estimate of drug-likeness (QED) is 0.227. The van der Waals surface area contributed by atoms with Gasteiger partial charge < -0.3 is 14.9 Å². The van der Waals surface area contributed by atoms with Gasteiger partial charge in [-0.05, 0) is 19.8 Å². The van der Waals surface area contributed by atoms with E-state index < -0.39 is 5.97 Å². The summed E-state index contributed by atoms with van der Waals surface area (Å²) in [5, 5.41) is 16.7. The largest absolute Gasteiger partial charge is 0.481 e. The van der Waals surface area contributed by atoms with E-state index in [0.717, 1.165) is 25.9 Å². The first-order valence-corrected chi connectivity index (χ1v) is 11.6. The molecule has 0 fully saturated rings. The molecule has 2 N–H and O–H groups in total. The van der Waals surface area contributed by atoms with Crippen molar-refractivity contribution in [3.05, 3.63) is 0 Å². The van der Waals surface area contributed by atoms with Gasteiger partial charge in [0, 0.05) is 26.2 Å². The second-order valence-corrected chi connectivity index (χ2v) is 7.37. The molecule has 0 aliphatic carbocycles. The molecular weight excluding hydrogens is 340 g/mol. The number of carboxylic acids is 1. The number of aliphatic hydroxyl groups excluding tert-OH is 1. The first-order chi connectivity index (χ1) is 13.2. The summed E-state index contributed by atoms with van der Waals surface area (Å²) in [6.07, 6.45) is 21.0. The number of aliphatic hydroxyl groups is 1. The van der Waals surface area contributed by atoms with Gasteiger partial charge in [-0.3, -0.25) is 4.79 Å². The minimum absolute atomic E-state index is 0.236. The lowest BCUT2D eigenvalue weighted by molar-refractivity contribution is -0.137. The summed E-state index contributed by atoms with van der Waals surface area (Å²) in [6, 6.07) is 0. The van der Waals surface area contributed by atoms with Crippen LogP contribution in [0.2, 0.25) is 0 Å². The van der Waals surface area contributed by atoms with E-state index in [-0.39, 0.29) is 6.61 Å². The summed E-state index contributed by atoms with van der Waals surface area (Å²) >= 11 is 0. The highest BCUT2D eigenvalue weighted by Crippen LogP contribution is 2.13. The maximum Gasteiger partial charge on any atom is 0.303 e. The number of aliphatic carboxylic acids is 1. The highest BCUT2D eigenvalue weighted by molar-refractivity contribution is 5.66. The zero-order valence-electron chi connectivity index (χ0n) is 18.4. The van der Waals surface area contributed by atoms with Gasteiger partial charge in [0.15, 0.2) is 0 Å². The Balaban J connectivity index is 0. The Bertz CT molecular complexity index is 265. The lowest BCUT2D eigenvalue weighted by Gasteiger charge is -2.03. The lowest BCUT2D eigenvalue weighted by atomic mass is 10.0. The van der Waals surface area contributed by atoms with Gasteiger partial charge in [-0.15, -0.1) is 0 Å². The van der Waals surface area contributed by atoms with E-state index in [1.807, 2.05) is 6.92 Å². The molecule has 0 aromatic rings. The van der Waals surface area contributed by atoms with Crippen molar-refractivity contribution in [1.82, 2.24) is 0 Å². The van der Waals surface area contributed by atoms with Crippen LogP contribution in [0.15, 0.2) is 0 Å². The van der Waals surface area contributed by atoms with Crippen molar-refractivity contribution < 1.29 is 19.7 Å². The number of hydrogen-bond donors (Lipinski definition) is 2. The number of rotatable bonds is 20. The number of unbranched alkanes of at least 4 members (excludes halogenated alkanes) is 14. The molecule has 164 valence electrons. The molecule has 0 aromatic carbocycles. The minimum Gasteiger partial charge on any atom is -0.481 e. The summed E-state index contributed by atoms with van der Waals surface area (Å²) in [5.74, 6) is -0.653.